The lowest BCUT2D eigenvalue weighted by molar-refractivity contribution is 0.390. The van der Waals surface area contributed by atoms with Crippen LogP contribution in [-0.4, -0.2) is 0 Å². The number of halogens is 10. The quantitative estimate of drug-likeness (QED) is 0.270. The van der Waals surface area contributed by atoms with E-state index < -0.39 is 67.5 Å². The van der Waals surface area contributed by atoms with Crippen molar-refractivity contribution in [1.82, 2.24) is 0 Å². The zero-order valence-corrected chi connectivity index (χ0v) is 11.9. The Morgan fingerprint density at radius 1 is 0.652 bits per heavy atom. The van der Waals surface area contributed by atoms with Crippen LogP contribution in [0, 0.1) is 46.5 Å². The lowest BCUT2D eigenvalue weighted by Crippen LogP contribution is -2.15. The molecule has 0 amide bonds. The summed E-state index contributed by atoms with van der Waals surface area (Å²) in [4.78, 5) is 0. The second-order valence-corrected chi connectivity index (χ2v) is 4.81. The van der Waals surface area contributed by atoms with E-state index in [9.17, 15) is 39.6 Å². The Bertz CT molecular complexity index is 779. The van der Waals surface area contributed by atoms with E-state index in [0.29, 0.717) is 0 Å². The number of rotatable bonds is 2. The first kappa shape index (κ1) is 17.4. The Balaban J connectivity index is 2.75. The van der Waals surface area contributed by atoms with E-state index in [1.807, 2.05) is 0 Å². The second kappa shape index (κ2) is 5.95. The van der Waals surface area contributed by atoms with Gasteiger partial charge in [0.1, 0.15) is 5.69 Å². The van der Waals surface area contributed by atoms with Crippen LogP contribution in [-0.2, 0) is 0 Å². The maximum atomic E-state index is 13.9. The Morgan fingerprint density at radius 3 is 1.61 bits per heavy atom. The zero-order valence-electron chi connectivity index (χ0n) is 10.3. The molecule has 0 spiro atoms. The third-order valence-electron chi connectivity index (χ3n) is 2.68. The molecule has 0 N–H and O–H groups in total. The lowest BCUT2D eigenvalue weighted by atomic mass is 10.2. The molecule has 2 aromatic carbocycles. The summed E-state index contributed by atoms with van der Waals surface area (Å²) in [6.45, 7) is 0. The highest BCUT2D eigenvalue weighted by Crippen LogP contribution is 2.39. The first-order valence-corrected chi connectivity index (χ1v) is 6.19. The molecule has 0 radical (unpaired) electrons. The van der Waals surface area contributed by atoms with Gasteiger partial charge in [-0.3, -0.25) is 0 Å². The van der Waals surface area contributed by atoms with Crippen LogP contribution < -0.4 is 5.12 Å². The van der Waals surface area contributed by atoms with Gasteiger partial charge < -0.3 is 0 Å². The van der Waals surface area contributed by atoms with Crippen molar-refractivity contribution < 1.29 is 39.6 Å². The molecule has 0 heterocycles. The van der Waals surface area contributed by atoms with Crippen LogP contribution in [0.2, 0.25) is 0 Å². The molecule has 124 valence electrons. The number of anilines is 2. The fourth-order valence-electron chi connectivity index (χ4n) is 1.59. The molecule has 0 fully saturated rings. The molecule has 0 aliphatic carbocycles. The molecule has 0 saturated heterocycles. The normalized spacial score (nSPS) is 11.0. The van der Waals surface area contributed by atoms with Crippen LogP contribution in [0.25, 0.3) is 0 Å². The summed E-state index contributed by atoms with van der Waals surface area (Å²) in [5.41, 5.74) is -3.95. The summed E-state index contributed by atoms with van der Waals surface area (Å²) in [6, 6.07) is -0.287. The molecule has 2 aromatic rings. The zero-order chi connectivity index (χ0) is 17.6. The van der Waals surface area contributed by atoms with Crippen LogP contribution >= 0.6 is 15.9 Å². The lowest BCUT2D eigenvalue weighted by Gasteiger charge is -2.18. The summed E-state index contributed by atoms with van der Waals surface area (Å²) in [5.74, 6) is -18.1. The van der Waals surface area contributed by atoms with Gasteiger partial charge in [0, 0.05) is 6.07 Å². The fourth-order valence-corrected chi connectivity index (χ4v) is 1.94. The fraction of sp³-hybridized carbons (Fsp3) is 0. The predicted octanol–water partition coefficient (Wildman–Crippen LogP) is 5.58. The van der Waals surface area contributed by atoms with Crippen molar-refractivity contribution in [2.24, 2.45) is 0 Å². The minimum atomic E-state index is -2.48. The highest BCUT2D eigenvalue weighted by atomic mass is 79.9. The molecular formula is C12HBrF9N. The monoisotopic (exact) mass is 409 g/mol. The summed E-state index contributed by atoms with van der Waals surface area (Å²) in [6.07, 6.45) is 0. The average molecular weight is 410 g/mol. The molecule has 1 nitrogen and oxygen atoms in total. The first-order valence-electron chi connectivity index (χ1n) is 5.39. The van der Waals surface area contributed by atoms with Gasteiger partial charge >= 0.3 is 0 Å². The van der Waals surface area contributed by atoms with E-state index in [0.717, 1.165) is 0 Å². The number of hydrogen-bond acceptors (Lipinski definition) is 1. The highest BCUT2D eigenvalue weighted by Gasteiger charge is 2.32. The Hall–Kier alpha value is -1.91. The minimum absolute atomic E-state index is 0.287. The van der Waals surface area contributed by atoms with E-state index in [1.165, 1.54) is 0 Å². The molecular weight excluding hydrogens is 409 g/mol. The predicted molar refractivity (Wildman–Crippen MR) is 63.5 cm³/mol. The number of benzene rings is 2. The molecule has 0 atom stereocenters. The maximum absolute atomic E-state index is 13.9. The van der Waals surface area contributed by atoms with Gasteiger partial charge in [-0.05, 0) is 15.9 Å². The van der Waals surface area contributed by atoms with Gasteiger partial charge in [-0.1, -0.05) is 4.48 Å². The van der Waals surface area contributed by atoms with Crippen molar-refractivity contribution in [3.8, 4) is 0 Å². The van der Waals surface area contributed by atoms with Gasteiger partial charge in [0.05, 0.1) is 4.47 Å². The Morgan fingerprint density at radius 2 is 1.13 bits per heavy atom. The standard InChI is InChI=1S/C12HBrF9N/c13-4-7(17)10(20)12(11(21)8(4)18)23(22)3-1-2(14)5(15)9(19)6(3)16/h1H. The smallest absolute Gasteiger partial charge is 0.199 e. The van der Waals surface area contributed by atoms with Crippen molar-refractivity contribution in [3.05, 3.63) is 57.1 Å². The molecule has 0 aromatic heterocycles. The molecule has 0 saturated carbocycles. The van der Waals surface area contributed by atoms with Gasteiger partial charge in [0.2, 0.25) is 0 Å². The van der Waals surface area contributed by atoms with Crippen molar-refractivity contribution in [3.63, 3.8) is 0 Å². The molecule has 23 heavy (non-hydrogen) atoms. The van der Waals surface area contributed by atoms with Crippen molar-refractivity contribution in [2.75, 3.05) is 5.12 Å². The third kappa shape index (κ3) is 2.62. The first-order chi connectivity index (χ1) is 10.6. The van der Waals surface area contributed by atoms with Gasteiger partial charge in [0.15, 0.2) is 52.2 Å². The van der Waals surface area contributed by atoms with Gasteiger partial charge in [-0.2, -0.15) is 5.12 Å². The topological polar surface area (TPSA) is 3.24 Å². The number of hydrogen-bond donors (Lipinski definition) is 0. The van der Waals surface area contributed by atoms with Crippen LogP contribution in [0.5, 0.6) is 0 Å². The molecule has 0 unspecified atom stereocenters. The summed E-state index contributed by atoms with van der Waals surface area (Å²) in [7, 11) is 0. The average Bonchev–Trinajstić information content (AvgIpc) is 2.52. The van der Waals surface area contributed by atoms with Crippen LogP contribution in [0.3, 0.4) is 0 Å². The SMILES string of the molecule is Fc1cc(N(F)c2c(F)c(F)c(Br)c(F)c2F)c(F)c(F)c1F. The third-order valence-corrected chi connectivity index (χ3v) is 3.37. The van der Waals surface area contributed by atoms with E-state index in [1.54, 1.807) is 0 Å². The molecule has 0 bridgehead atoms. The van der Waals surface area contributed by atoms with Crippen LogP contribution in [0.1, 0.15) is 0 Å². The van der Waals surface area contributed by atoms with Gasteiger partial charge in [0.25, 0.3) is 0 Å². The summed E-state index contributed by atoms with van der Waals surface area (Å²) < 4.78 is 119. The van der Waals surface area contributed by atoms with Gasteiger partial charge in [-0.25, -0.2) is 35.1 Å². The van der Waals surface area contributed by atoms with E-state index in [-0.39, 0.29) is 6.07 Å². The maximum Gasteiger partial charge on any atom is 0.199 e. The minimum Gasteiger partial charge on any atom is -0.204 e. The Labute approximate surface area is 130 Å². The second-order valence-electron chi connectivity index (χ2n) is 4.02. The van der Waals surface area contributed by atoms with Crippen LogP contribution in [0.4, 0.5) is 51.0 Å². The molecule has 2 rings (SSSR count). The molecule has 0 aliphatic heterocycles. The van der Waals surface area contributed by atoms with Crippen molar-refractivity contribution >= 4 is 27.3 Å². The van der Waals surface area contributed by atoms with Gasteiger partial charge in [-0.15, -0.1) is 0 Å². The van der Waals surface area contributed by atoms with E-state index in [2.05, 4.69) is 15.9 Å². The Kier molecular flexibility index (Phi) is 4.51. The molecule has 11 heteroatoms. The summed E-state index contributed by atoms with van der Waals surface area (Å²) in [5, 5.41) is -1.38. The van der Waals surface area contributed by atoms with E-state index >= 15 is 0 Å². The van der Waals surface area contributed by atoms with Crippen molar-refractivity contribution in [2.45, 2.75) is 0 Å². The highest BCUT2D eigenvalue weighted by molar-refractivity contribution is 9.10. The number of nitrogens with zero attached hydrogens (tertiary/aromatic N) is 1. The summed E-state index contributed by atoms with van der Waals surface area (Å²) >= 11 is 2.15. The molecule has 0 aliphatic rings. The van der Waals surface area contributed by atoms with Crippen molar-refractivity contribution in [1.29, 1.82) is 0 Å². The van der Waals surface area contributed by atoms with E-state index in [4.69, 9.17) is 0 Å². The van der Waals surface area contributed by atoms with Crippen LogP contribution in [0.15, 0.2) is 10.5 Å². The largest absolute Gasteiger partial charge is 0.204 e.